The number of aryl methyl sites for hydroxylation is 2. The summed E-state index contributed by atoms with van der Waals surface area (Å²) in [5, 5.41) is 14.5. The molecule has 0 fully saturated rings. The molecule has 24 heavy (non-hydrogen) atoms. The van der Waals surface area contributed by atoms with E-state index < -0.39 is 0 Å². The van der Waals surface area contributed by atoms with Crippen LogP contribution in [0.15, 0.2) is 28.7 Å². The maximum absolute atomic E-state index is 12.3. The fourth-order valence-electron chi connectivity index (χ4n) is 2.40. The Hall–Kier alpha value is -3.36. The zero-order chi connectivity index (χ0) is 16.7. The van der Waals surface area contributed by atoms with Gasteiger partial charge in [0.15, 0.2) is 11.5 Å². The number of carbonyl (C=O) groups excluding carboxylic acids is 1. The van der Waals surface area contributed by atoms with Gasteiger partial charge >= 0.3 is 6.01 Å². The first-order chi connectivity index (χ1) is 11.6. The van der Waals surface area contributed by atoms with Gasteiger partial charge in [-0.2, -0.15) is 5.10 Å². The number of ether oxygens (including phenoxy) is 2. The first-order valence-corrected chi connectivity index (χ1v) is 7.15. The number of anilines is 1. The lowest BCUT2D eigenvalue weighted by Gasteiger charge is -2.02. The molecule has 0 saturated heterocycles. The molecule has 3 aromatic rings. The van der Waals surface area contributed by atoms with E-state index in [2.05, 4.69) is 20.6 Å². The van der Waals surface area contributed by atoms with E-state index in [9.17, 15) is 4.79 Å². The third-order valence-corrected chi connectivity index (χ3v) is 3.50. The number of fused-ring (bicyclic) bond motifs is 1. The van der Waals surface area contributed by atoms with Gasteiger partial charge in [0.05, 0.1) is 5.69 Å². The molecular weight excluding hydrogens is 314 g/mol. The van der Waals surface area contributed by atoms with E-state index in [0.717, 1.165) is 5.69 Å². The van der Waals surface area contributed by atoms with Gasteiger partial charge in [0, 0.05) is 12.6 Å². The van der Waals surface area contributed by atoms with Crippen LogP contribution in [0, 0.1) is 6.92 Å². The highest BCUT2D eigenvalue weighted by Crippen LogP contribution is 2.32. The molecule has 0 radical (unpaired) electrons. The van der Waals surface area contributed by atoms with Crippen molar-refractivity contribution < 1.29 is 18.7 Å². The Labute approximate surface area is 136 Å². The molecule has 9 nitrogen and oxygen atoms in total. The average Bonchev–Trinajstić information content (AvgIpc) is 3.26. The predicted molar refractivity (Wildman–Crippen MR) is 81.8 cm³/mol. The zero-order valence-corrected chi connectivity index (χ0v) is 12.9. The lowest BCUT2D eigenvalue weighted by molar-refractivity contribution is 0.102. The monoisotopic (exact) mass is 327 g/mol. The smallest absolute Gasteiger partial charge is 0.322 e. The molecule has 0 unspecified atom stereocenters. The molecule has 1 aromatic carbocycles. The number of benzene rings is 1. The predicted octanol–water partition coefficient (Wildman–Crippen LogP) is 1.76. The van der Waals surface area contributed by atoms with E-state index in [1.54, 1.807) is 29.9 Å². The molecule has 9 heteroatoms. The molecule has 1 amide bonds. The molecule has 0 bridgehead atoms. The van der Waals surface area contributed by atoms with Crippen LogP contribution >= 0.6 is 0 Å². The minimum Gasteiger partial charge on any atom is -0.454 e. The molecule has 4 rings (SSSR count). The fourth-order valence-corrected chi connectivity index (χ4v) is 2.40. The van der Waals surface area contributed by atoms with Gasteiger partial charge in [-0.3, -0.25) is 14.8 Å². The van der Waals surface area contributed by atoms with E-state index in [0.29, 0.717) is 22.8 Å². The molecular formula is C15H13N5O4. The van der Waals surface area contributed by atoms with Crippen LogP contribution in [0.1, 0.15) is 16.1 Å². The van der Waals surface area contributed by atoms with Crippen LogP contribution in [0.5, 0.6) is 11.5 Å². The molecule has 0 spiro atoms. The number of hydrogen-bond acceptors (Lipinski definition) is 7. The van der Waals surface area contributed by atoms with Gasteiger partial charge in [-0.05, 0) is 31.2 Å². The second-order valence-corrected chi connectivity index (χ2v) is 5.23. The number of aromatic nitrogens is 4. The van der Waals surface area contributed by atoms with Crippen molar-refractivity contribution >= 4 is 11.9 Å². The third kappa shape index (κ3) is 2.45. The first-order valence-electron chi connectivity index (χ1n) is 7.15. The van der Waals surface area contributed by atoms with Crippen molar-refractivity contribution in [1.82, 2.24) is 20.0 Å². The number of nitrogens with zero attached hydrogens (tertiary/aromatic N) is 4. The maximum atomic E-state index is 12.3. The number of amides is 1. The molecule has 2 aromatic heterocycles. The van der Waals surface area contributed by atoms with Crippen LogP contribution in [0.25, 0.3) is 11.6 Å². The summed E-state index contributed by atoms with van der Waals surface area (Å²) in [4.78, 5) is 12.3. The van der Waals surface area contributed by atoms with E-state index in [-0.39, 0.29) is 24.6 Å². The topological polar surface area (TPSA) is 104 Å². The zero-order valence-electron chi connectivity index (χ0n) is 12.9. The highest BCUT2D eigenvalue weighted by atomic mass is 16.7. The van der Waals surface area contributed by atoms with E-state index in [1.165, 1.54) is 0 Å². The molecule has 3 heterocycles. The van der Waals surface area contributed by atoms with Gasteiger partial charge in [0.1, 0.15) is 5.69 Å². The number of carbonyl (C=O) groups is 1. The Balaban J connectivity index is 1.53. The van der Waals surface area contributed by atoms with Crippen LogP contribution < -0.4 is 14.8 Å². The Morgan fingerprint density at radius 2 is 2.04 bits per heavy atom. The largest absolute Gasteiger partial charge is 0.454 e. The van der Waals surface area contributed by atoms with Crippen molar-refractivity contribution in [2.75, 3.05) is 12.1 Å². The maximum Gasteiger partial charge on any atom is 0.322 e. The summed E-state index contributed by atoms with van der Waals surface area (Å²) in [5.74, 6) is 1.03. The van der Waals surface area contributed by atoms with Gasteiger partial charge in [0.25, 0.3) is 11.8 Å². The second kappa shape index (κ2) is 5.37. The normalized spacial score (nSPS) is 12.4. The number of rotatable bonds is 3. The highest BCUT2D eigenvalue weighted by Gasteiger charge is 2.19. The van der Waals surface area contributed by atoms with Gasteiger partial charge in [0.2, 0.25) is 6.79 Å². The molecule has 0 aliphatic carbocycles. The van der Waals surface area contributed by atoms with Crippen molar-refractivity contribution in [2.45, 2.75) is 6.92 Å². The van der Waals surface area contributed by atoms with Crippen LogP contribution in [0.4, 0.5) is 6.01 Å². The summed E-state index contributed by atoms with van der Waals surface area (Å²) in [6.45, 7) is 2.01. The molecule has 0 atom stereocenters. The molecule has 1 N–H and O–H groups in total. The molecule has 1 aliphatic heterocycles. The highest BCUT2D eigenvalue weighted by molar-refractivity contribution is 6.03. The molecule has 0 saturated carbocycles. The SMILES string of the molecule is Cc1cc(-c2nnc(NC(=O)c3ccc4c(c3)OCO4)o2)n(C)n1. The minimum absolute atomic E-state index is 0.00604. The third-order valence-electron chi connectivity index (χ3n) is 3.50. The summed E-state index contributed by atoms with van der Waals surface area (Å²) in [5.41, 5.74) is 1.90. The Kier molecular flexibility index (Phi) is 3.19. The fraction of sp³-hybridized carbons (Fsp3) is 0.200. The molecule has 122 valence electrons. The van der Waals surface area contributed by atoms with Crippen molar-refractivity contribution in [3.8, 4) is 23.1 Å². The van der Waals surface area contributed by atoms with Crippen molar-refractivity contribution in [1.29, 1.82) is 0 Å². The van der Waals surface area contributed by atoms with Crippen molar-refractivity contribution in [2.24, 2.45) is 7.05 Å². The summed E-state index contributed by atoms with van der Waals surface area (Å²) in [7, 11) is 1.78. The Bertz CT molecular complexity index is 930. The Morgan fingerprint density at radius 3 is 2.83 bits per heavy atom. The lowest BCUT2D eigenvalue weighted by atomic mass is 10.2. The summed E-state index contributed by atoms with van der Waals surface area (Å²) < 4.78 is 17.6. The van der Waals surface area contributed by atoms with E-state index >= 15 is 0 Å². The Morgan fingerprint density at radius 1 is 1.21 bits per heavy atom. The molecule has 1 aliphatic rings. The number of hydrogen-bond donors (Lipinski definition) is 1. The first kappa shape index (κ1) is 14.2. The second-order valence-electron chi connectivity index (χ2n) is 5.23. The van der Waals surface area contributed by atoms with Gasteiger partial charge < -0.3 is 13.9 Å². The average molecular weight is 327 g/mol. The van der Waals surface area contributed by atoms with Gasteiger partial charge in [-0.25, -0.2) is 0 Å². The van der Waals surface area contributed by atoms with Crippen LogP contribution in [0.2, 0.25) is 0 Å². The van der Waals surface area contributed by atoms with Crippen LogP contribution in [-0.2, 0) is 7.05 Å². The standard InChI is InChI=1S/C15H13N5O4/c1-8-5-10(20(2)19-8)14-17-18-15(24-14)16-13(21)9-3-4-11-12(6-9)23-7-22-11/h3-6H,7H2,1-2H3,(H,16,18,21). The minimum atomic E-state index is -0.385. The van der Waals surface area contributed by atoms with Crippen molar-refractivity contribution in [3.05, 3.63) is 35.5 Å². The van der Waals surface area contributed by atoms with Crippen LogP contribution in [0.3, 0.4) is 0 Å². The summed E-state index contributed by atoms with van der Waals surface area (Å²) in [6.07, 6.45) is 0. The van der Waals surface area contributed by atoms with E-state index in [4.69, 9.17) is 13.9 Å². The van der Waals surface area contributed by atoms with E-state index in [1.807, 2.05) is 13.0 Å². The van der Waals surface area contributed by atoms with Gasteiger partial charge in [-0.1, -0.05) is 5.10 Å². The number of nitrogens with one attached hydrogen (secondary N) is 1. The van der Waals surface area contributed by atoms with Gasteiger partial charge in [-0.15, -0.1) is 5.10 Å². The lowest BCUT2D eigenvalue weighted by Crippen LogP contribution is -2.12. The summed E-state index contributed by atoms with van der Waals surface area (Å²) in [6, 6.07) is 6.72. The quantitative estimate of drug-likeness (QED) is 0.781. The van der Waals surface area contributed by atoms with Crippen LogP contribution in [-0.4, -0.2) is 32.7 Å². The van der Waals surface area contributed by atoms with Crippen molar-refractivity contribution in [3.63, 3.8) is 0 Å². The summed E-state index contributed by atoms with van der Waals surface area (Å²) >= 11 is 0.